The molecule has 0 bridgehead atoms. The van der Waals surface area contributed by atoms with Crippen molar-refractivity contribution in [2.45, 2.75) is 20.3 Å². The van der Waals surface area contributed by atoms with Gasteiger partial charge in [-0.25, -0.2) is 9.97 Å². The normalized spacial score (nSPS) is 14.2. The largest absolute Gasteiger partial charge is 0.497 e. The zero-order valence-corrected chi connectivity index (χ0v) is 16.2. The van der Waals surface area contributed by atoms with Crippen LogP contribution in [0.5, 0.6) is 5.75 Å². The molecule has 1 aliphatic rings. The van der Waals surface area contributed by atoms with E-state index in [1.807, 2.05) is 26.0 Å². The van der Waals surface area contributed by atoms with E-state index in [1.165, 1.54) is 5.69 Å². The van der Waals surface area contributed by atoms with Crippen LogP contribution in [0.4, 0.5) is 11.6 Å². The molecule has 0 radical (unpaired) electrons. The lowest BCUT2D eigenvalue weighted by Crippen LogP contribution is -2.47. The molecule has 7 heteroatoms. The second-order valence-corrected chi connectivity index (χ2v) is 6.62. The molecule has 1 aromatic carbocycles. The molecule has 2 heterocycles. The summed E-state index contributed by atoms with van der Waals surface area (Å²) in [6.45, 7) is 7.95. The third kappa shape index (κ3) is 4.67. The SMILES string of the molecule is CCCNC(=O)c1cc(C)nc(N2CCN(c3ccc(OC)cc3)CC2)n1. The fourth-order valence-electron chi connectivity index (χ4n) is 3.10. The Kier molecular flexibility index (Phi) is 6.11. The van der Waals surface area contributed by atoms with E-state index in [0.29, 0.717) is 18.2 Å². The maximum absolute atomic E-state index is 12.2. The first-order valence-electron chi connectivity index (χ1n) is 9.38. The standard InChI is InChI=1S/C20H27N5O2/c1-4-9-21-19(26)18-14-15(2)22-20(23-18)25-12-10-24(11-13-25)16-5-7-17(27-3)8-6-16/h5-8,14H,4,9-13H2,1-3H3,(H,21,26). The molecule has 1 N–H and O–H groups in total. The van der Waals surface area contributed by atoms with Crippen molar-refractivity contribution in [2.24, 2.45) is 0 Å². The Hall–Kier alpha value is -2.83. The van der Waals surface area contributed by atoms with Crippen LogP contribution >= 0.6 is 0 Å². The molecule has 7 nitrogen and oxygen atoms in total. The molecule has 1 fully saturated rings. The highest BCUT2D eigenvalue weighted by molar-refractivity contribution is 5.92. The Morgan fingerprint density at radius 1 is 1.11 bits per heavy atom. The monoisotopic (exact) mass is 369 g/mol. The Labute approximate surface area is 160 Å². The molecule has 3 rings (SSSR count). The van der Waals surface area contributed by atoms with E-state index in [4.69, 9.17) is 4.74 Å². The van der Waals surface area contributed by atoms with E-state index in [1.54, 1.807) is 13.2 Å². The van der Waals surface area contributed by atoms with E-state index in [0.717, 1.165) is 44.0 Å². The molecule has 0 atom stereocenters. The van der Waals surface area contributed by atoms with Crippen molar-refractivity contribution >= 4 is 17.5 Å². The average molecular weight is 369 g/mol. The number of carbonyl (C=O) groups is 1. The number of ether oxygens (including phenoxy) is 1. The van der Waals surface area contributed by atoms with Crippen molar-refractivity contribution in [3.63, 3.8) is 0 Å². The zero-order chi connectivity index (χ0) is 19.2. The molecular weight excluding hydrogens is 342 g/mol. The van der Waals surface area contributed by atoms with Gasteiger partial charge in [0, 0.05) is 44.1 Å². The number of anilines is 2. The first-order chi connectivity index (χ1) is 13.1. The van der Waals surface area contributed by atoms with Crippen molar-refractivity contribution in [2.75, 3.05) is 49.6 Å². The topological polar surface area (TPSA) is 70.6 Å². The second kappa shape index (κ2) is 8.70. The number of aromatic nitrogens is 2. The van der Waals surface area contributed by atoms with Gasteiger partial charge in [0.05, 0.1) is 7.11 Å². The summed E-state index contributed by atoms with van der Waals surface area (Å²) >= 11 is 0. The summed E-state index contributed by atoms with van der Waals surface area (Å²) in [5, 5.41) is 2.88. The average Bonchev–Trinajstić information content (AvgIpc) is 2.71. The van der Waals surface area contributed by atoms with Crippen molar-refractivity contribution in [3.8, 4) is 5.75 Å². The highest BCUT2D eigenvalue weighted by atomic mass is 16.5. The van der Waals surface area contributed by atoms with Crippen LogP contribution in [0.3, 0.4) is 0 Å². The molecule has 1 amide bonds. The minimum Gasteiger partial charge on any atom is -0.497 e. The molecular formula is C20H27N5O2. The first kappa shape index (κ1) is 18.9. The summed E-state index contributed by atoms with van der Waals surface area (Å²) < 4.78 is 5.22. The van der Waals surface area contributed by atoms with Crippen LogP contribution in [0.2, 0.25) is 0 Å². The molecule has 0 saturated carbocycles. The van der Waals surface area contributed by atoms with Gasteiger partial charge < -0.3 is 19.9 Å². The summed E-state index contributed by atoms with van der Waals surface area (Å²) in [5.41, 5.74) is 2.42. The maximum Gasteiger partial charge on any atom is 0.270 e. The van der Waals surface area contributed by atoms with E-state index < -0.39 is 0 Å². The van der Waals surface area contributed by atoms with Gasteiger partial charge in [-0.3, -0.25) is 4.79 Å². The fourth-order valence-corrected chi connectivity index (χ4v) is 3.10. The third-order valence-electron chi connectivity index (χ3n) is 4.61. The number of methoxy groups -OCH3 is 1. The zero-order valence-electron chi connectivity index (χ0n) is 16.2. The number of amides is 1. The molecule has 27 heavy (non-hydrogen) atoms. The smallest absolute Gasteiger partial charge is 0.270 e. The molecule has 0 unspecified atom stereocenters. The highest BCUT2D eigenvalue weighted by Gasteiger charge is 2.21. The van der Waals surface area contributed by atoms with Crippen LogP contribution < -0.4 is 19.9 Å². The van der Waals surface area contributed by atoms with Gasteiger partial charge >= 0.3 is 0 Å². The van der Waals surface area contributed by atoms with Crippen LogP contribution in [0.15, 0.2) is 30.3 Å². The van der Waals surface area contributed by atoms with Gasteiger partial charge in [-0.2, -0.15) is 0 Å². The van der Waals surface area contributed by atoms with Gasteiger partial charge in [0.1, 0.15) is 11.4 Å². The van der Waals surface area contributed by atoms with Crippen molar-refractivity contribution in [1.29, 1.82) is 0 Å². The van der Waals surface area contributed by atoms with E-state index in [-0.39, 0.29) is 5.91 Å². The number of hydrogen-bond acceptors (Lipinski definition) is 6. The summed E-state index contributed by atoms with van der Waals surface area (Å²) in [6.07, 6.45) is 0.899. The lowest BCUT2D eigenvalue weighted by atomic mass is 10.2. The van der Waals surface area contributed by atoms with E-state index in [2.05, 4.69) is 37.2 Å². The van der Waals surface area contributed by atoms with Gasteiger partial charge in [0.25, 0.3) is 5.91 Å². The van der Waals surface area contributed by atoms with Crippen LogP contribution in [0.25, 0.3) is 0 Å². The van der Waals surface area contributed by atoms with Crippen LogP contribution in [-0.4, -0.2) is 55.7 Å². The maximum atomic E-state index is 12.2. The quantitative estimate of drug-likeness (QED) is 0.842. The Morgan fingerprint density at radius 3 is 2.41 bits per heavy atom. The van der Waals surface area contributed by atoms with Crippen molar-refractivity contribution in [3.05, 3.63) is 41.7 Å². The highest BCUT2D eigenvalue weighted by Crippen LogP contribution is 2.21. The third-order valence-corrected chi connectivity index (χ3v) is 4.61. The van der Waals surface area contributed by atoms with Gasteiger partial charge in [-0.05, 0) is 43.7 Å². The van der Waals surface area contributed by atoms with Crippen LogP contribution in [0, 0.1) is 6.92 Å². The number of aryl methyl sites for hydroxylation is 1. The van der Waals surface area contributed by atoms with Crippen LogP contribution in [0.1, 0.15) is 29.5 Å². The second-order valence-electron chi connectivity index (χ2n) is 6.62. The molecule has 2 aromatic rings. The van der Waals surface area contributed by atoms with Crippen molar-refractivity contribution in [1.82, 2.24) is 15.3 Å². The van der Waals surface area contributed by atoms with Gasteiger partial charge in [-0.1, -0.05) is 6.92 Å². The van der Waals surface area contributed by atoms with Gasteiger partial charge in [-0.15, -0.1) is 0 Å². The number of piperazine rings is 1. The predicted octanol–water partition coefficient (Wildman–Crippen LogP) is 2.26. The number of nitrogens with one attached hydrogen (secondary N) is 1. The number of hydrogen-bond donors (Lipinski definition) is 1. The Morgan fingerprint density at radius 2 is 1.78 bits per heavy atom. The summed E-state index contributed by atoms with van der Waals surface area (Å²) in [6, 6.07) is 9.85. The summed E-state index contributed by atoms with van der Waals surface area (Å²) in [4.78, 5) is 25.8. The summed E-state index contributed by atoms with van der Waals surface area (Å²) in [7, 11) is 1.67. The van der Waals surface area contributed by atoms with Crippen molar-refractivity contribution < 1.29 is 9.53 Å². The number of carbonyl (C=O) groups excluding carboxylic acids is 1. The molecule has 0 aliphatic carbocycles. The molecule has 1 aromatic heterocycles. The van der Waals surface area contributed by atoms with E-state index >= 15 is 0 Å². The minimum absolute atomic E-state index is 0.138. The molecule has 144 valence electrons. The predicted molar refractivity (Wildman–Crippen MR) is 107 cm³/mol. The Balaban J connectivity index is 1.66. The van der Waals surface area contributed by atoms with Gasteiger partial charge in [0.2, 0.25) is 5.95 Å². The number of rotatable bonds is 6. The van der Waals surface area contributed by atoms with Gasteiger partial charge in [0.15, 0.2) is 0 Å². The molecule has 1 aliphatic heterocycles. The molecule has 1 saturated heterocycles. The lowest BCUT2D eigenvalue weighted by Gasteiger charge is -2.36. The molecule has 0 spiro atoms. The summed E-state index contributed by atoms with van der Waals surface area (Å²) in [5.74, 6) is 1.35. The lowest BCUT2D eigenvalue weighted by molar-refractivity contribution is 0.0948. The Bertz CT molecular complexity index is 770. The van der Waals surface area contributed by atoms with E-state index in [9.17, 15) is 4.79 Å². The number of benzene rings is 1. The fraction of sp³-hybridized carbons (Fsp3) is 0.450. The first-order valence-corrected chi connectivity index (χ1v) is 9.38. The minimum atomic E-state index is -0.138. The number of nitrogens with zero attached hydrogens (tertiary/aromatic N) is 4. The van der Waals surface area contributed by atoms with Crippen LogP contribution in [-0.2, 0) is 0 Å².